The van der Waals surface area contributed by atoms with Gasteiger partial charge in [0.15, 0.2) is 0 Å². The first-order chi connectivity index (χ1) is 8.06. The van der Waals surface area contributed by atoms with Gasteiger partial charge in [-0.15, -0.1) is 0 Å². The highest BCUT2D eigenvalue weighted by Crippen LogP contribution is 2.25. The first-order valence-electron chi connectivity index (χ1n) is 6.59. The van der Waals surface area contributed by atoms with Crippen LogP contribution in [0.15, 0.2) is 10.9 Å². The predicted octanol–water partition coefficient (Wildman–Crippen LogP) is 2.33. The van der Waals surface area contributed by atoms with E-state index in [9.17, 15) is 4.79 Å². The molecule has 2 unspecified atom stereocenters. The van der Waals surface area contributed by atoms with Gasteiger partial charge in [0, 0.05) is 23.3 Å². The second-order valence-corrected chi connectivity index (χ2v) is 5.15. The van der Waals surface area contributed by atoms with Crippen LogP contribution < -0.4 is 11.3 Å². The summed E-state index contributed by atoms with van der Waals surface area (Å²) < 4.78 is 1.99. The molecule has 0 bridgehead atoms. The Kier molecular flexibility index (Phi) is 3.38. The molecule has 0 amide bonds. The van der Waals surface area contributed by atoms with Crippen LogP contribution in [0, 0.1) is 0 Å². The molecule has 1 heterocycles. The Balaban J connectivity index is 2.67. The maximum absolute atomic E-state index is 12.5. The first-order valence-corrected chi connectivity index (χ1v) is 6.59. The molecule has 2 atom stereocenters. The molecule has 3 heteroatoms. The summed E-state index contributed by atoms with van der Waals surface area (Å²) in [5, 5.41) is 0. The van der Waals surface area contributed by atoms with E-state index >= 15 is 0 Å². The zero-order valence-corrected chi connectivity index (χ0v) is 11.0. The zero-order valence-electron chi connectivity index (χ0n) is 11.0. The number of nitrogens with two attached hydrogens (primary N) is 1. The van der Waals surface area contributed by atoms with E-state index < -0.39 is 0 Å². The summed E-state index contributed by atoms with van der Waals surface area (Å²) in [6.07, 6.45) is 4.27. The summed E-state index contributed by atoms with van der Waals surface area (Å²) >= 11 is 0. The lowest BCUT2D eigenvalue weighted by atomic mass is 10.1. The first kappa shape index (κ1) is 12.4. The molecule has 1 aromatic heterocycles. The lowest BCUT2D eigenvalue weighted by Gasteiger charge is -2.20. The molecule has 2 rings (SSSR count). The Morgan fingerprint density at radius 2 is 2.12 bits per heavy atom. The van der Waals surface area contributed by atoms with E-state index in [2.05, 4.69) is 13.8 Å². The molecule has 1 aliphatic rings. The molecule has 0 saturated heterocycles. The lowest BCUT2D eigenvalue weighted by molar-refractivity contribution is 0.491. The van der Waals surface area contributed by atoms with Gasteiger partial charge in [0.1, 0.15) is 0 Å². The number of aromatic nitrogens is 1. The van der Waals surface area contributed by atoms with E-state index in [1.807, 2.05) is 17.6 Å². The highest BCUT2D eigenvalue weighted by atomic mass is 16.1. The van der Waals surface area contributed by atoms with Crippen LogP contribution in [0.3, 0.4) is 0 Å². The predicted molar refractivity (Wildman–Crippen MR) is 70.3 cm³/mol. The quantitative estimate of drug-likeness (QED) is 0.872. The molecule has 0 radical (unpaired) electrons. The van der Waals surface area contributed by atoms with Crippen molar-refractivity contribution in [3.8, 4) is 0 Å². The van der Waals surface area contributed by atoms with E-state index in [4.69, 9.17) is 5.73 Å². The second-order valence-electron chi connectivity index (χ2n) is 5.15. The molecule has 94 valence electrons. The Bertz CT molecular complexity index is 474. The van der Waals surface area contributed by atoms with Crippen molar-refractivity contribution in [2.45, 2.75) is 58.5 Å². The van der Waals surface area contributed by atoms with Gasteiger partial charge in [0.2, 0.25) is 0 Å². The van der Waals surface area contributed by atoms with Gasteiger partial charge in [-0.1, -0.05) is 6.92 Å². The Morgan fingerprint density at radius 1 is 1.41 bits per heavy atom. The number of nitrogens with zero attached hydrogens (tertiary/aromatic N) is 1. The van der Waals surface area contributed by atoms with Crippen LogP contribution in [0.25, 0.3) is 0 Å². The van der Waals surface area contributed by atoms with Crippen molar-refractivity contribution in [3.63, 3.8) is 0 Å². The van der Waals surface area contributed by atoms with Gasteiger partial charge in [0.25, 0.3) is 5.56 Å². The third-order valence-corrected chi connectivity index (χ3v) is 3.84. The molecular formula is C14H22N2O. The Morgan fingerprint density at radius 3 is 2.71 bits per heavy atom. The van der Waals surface area contributed by atoms with Gasteiger partial charge >= 0.3 is 0 Å². The largest absolute Gasteiger partial charge is 0.324 e. The molecule has 1 aliphatic carbocycles. The second kappa shape index (κ2) is 4.65. The number of hydrogen-bond donors (Lipinski definition) is 1. The number of hydrogen-bond acceptors (Lipinski definition) is 2. The Labute approximate surface area is 103 Å². The lowest BCUT2D eigenvalue weighted by Crippen LogP contribution is -2.31. The molecule has 1 aromatic rings. The van der Waals surface area contributed by atoms with Gasteiger partial charge in [-0.3, -0.25) is 4.79 Å². The van der Waals surface area contributed by atoms with Crippen molar-refractivity contribution >= 4 is 0 Å². The van der Waals surface area contributed by atoms with Crippen molar-refractivity contribution < 1.29 is 0 Å². The number of pyridine rings is 1. The normalized spacial score (nSPS) is 17.9. The van der Waals surface area contributed by atoms with E-state index in [0.29, 0.717) is 0 Å². The van der Waals surface area contributed by atoms with Gasteiger partial charge in [-0.2, -0.15) is 0 Å². The summed E-state index contributed by atoms with van der Waals surface area (Å²) in [6, 6.07) is 2.13. The van der Waals surface area contributed by atoms with Crippen LogP contribution in [0.1, 0.15) is 62.5 Å². The van der Waals surface area contributed by atoms with Gasteiger partial charge in [-0.25, -0.2) is 0 Å². The molecule has 0 spiro atoms. The molecule has 0 aliphatic heterocycles. The standard InChI is InChI=1S/C14H22N2O/c1-4-9(2)16-13-7-5-6-11(13)8-12(10(3)15)14(16)17/h8-10H,4-7,15H2,1-3H3. The fourth-order valence-electron chi connectivity index (χ4n) is 2.67. The average Bonchev–Trinajstić information content (AvgIpc) is 2.74. The zero-order chi connectivity index (χ0) is 12.6. The summed E-state index contributed by atoms with van der Waals surface area (Å²) in [7, 11) is 0. The summed E-state index contributed by atoms with van der Waals surface area (Å²) in [5.41, 5.74) is 9.37. The van der Waals surface area contributed by atoms with Crippen molar-refractivity contribution in [3.05, 3.63) is 33.2 Å². The maximum atomic E-state index is 12.5. The third kappa shape index (κ3) is 2.04. The monoisotopic (exact) mass is 234 g/mol. The van der Waals surface area contributed by atoms with E-state index in [-0.39, 0.29) is 17.6 Å². The van der Waals surface area contributed by atoms with Crippen LogP contribution in [-0.4, -0.2) is 4.57 Å². The Hall–Kier alpha value is -1.09. The van der Waals surface area contributed by atoms with Crippen molar-refractivity contribution in [2.75, 3.05) is 0 Å². The molecule has 0 saturated carbocycles. The molecule has 2 N–H and O–H groups in total. The van der Waals surface area contributed by atoms with Gasteiger partial charge < -0.3 is 10.3 Å². The minimum Gasteiger partial charge on any atom is -0.324 e. The maximum Gasteiger partial charge on any atom is 0.255 e. The van der Waals surface area contributed by atoms with Crippen LogP contribution in [0.4, 0.5) is 0 Å². The van der Waals surface area contributed by atoms with Crippen LogP contribution >= 0.6 is 0 Å². The summed E-state index contributed by atoms with van der Waals surface area (Å²) in [5.74, 6) is 0. The average molecular weight is 234 g/mol. The van der Waals surface area contributed by atoms with Gasteiger partial charge in [0.05, 0.1) is 0 Å². The van der Waals surface area contributed by atoms with E-state index in [0.717, 1.165) is 31.2 Å². The van der Waals surface area contributed by atoms with Gasteiger partial charge in [-0.05, 0) is 51.2 Å². The highest BCUT2D eigenvalue weighted by Gasteiger charge is 2.22. The molecular weight excluding hydrogens is 212 g/mol. The fourth-order valence-corrected chi connectivity index (χ4v) is 2.67. The van der Waals surface area contributed by atoms with E-state index in [1.165, 1.54) is 11.3 Å². The van der Waals surface area contributed by atoms with Crippen LogP contribution in [0.5, 0.6) is 0 Å². The minimum atomic E-state index is -0.177. The van der Waals surface area contributed by atoms with Crippen LogP contribution in [0.2, 0.25) is 0 Å². The highest BCUT2D eigenvalue weighted by molar-refractivity contribution is 5.32. The van der Waals surface area contributed by atoms with Crippen molar-refractivity contribution in [2.24, 2.45) is 5.73 Å². The van der Waals surface area contributed by atoms with Crippen molar-refractivity contribution in [1.29, 1.82) is 0 Å². The molecule has 0 aromatic carbocycles. The number of rotatable bonds is 3. The topological polar surface area (TPSA) is 48.0 Å². The van der Waals surface area contributed by atoms with Crippen LogP contribution in [-0.2, 0) is 12.8 Å². The third-order valence-electron chi connectivity index (χ3n) is 3.84. The van der Waals surface area contributed by atoms with Crippen molar-refractivity contribution in [1.82, 2.24) is 4.57 Å². The number of aryl methyl sites for hydroxylation is 1. The number of fused-ring (bicyclic) bond motifs is 1. The smallest absolute Gasteiger partial charge is 0.255 e. The summed E-state index contributed by atoms with van der Waals surface area (Å²) in [4.78, 5) is 12.5. The van der Waals surface area contributed by atoms with E-state index in [1.54, 1.807) is 0 Å². The molecule has 0 fully saturated rings. The fraction of sp³-hybridized carbons (Fsp3) is 0.643. The molecule has 3 nitrogen and oxygen atoms in total. The molecule has 17 heavy (non-hydrogen) atoms. The SMILES string of the molecule is CCC(C)n1c2c(cc(C(C)N)c1=O)CCC2. The minimum absolute atomic E-state index is 0.120. The summed E-state index contributed by atoms with van der Waals surface area (Å²) in [6.45, 7) is 6.13.